The first-order valence-corrected chi connectivity index (χ1v) is 6.19. The Morgan fingerprint density at radius 3 is 3.00 bits per heavy atom. The van der Waals surface area contributed by atoms with E-state index >= 15 is 0 Å². The van der Waals surface area contributed by atoms with E-state index in [0.717, 1.165) is 38.6 Å². The normalized spacial score (nSPS) is 35.8. The maximum atomic E-state index is 6.00. The maximum absolute atomic E-state index is 6.00. The predicted octanol–water partition coefficient (Wildman–Crippen LogP) is 1.43. The first-order chi connectivity index (χ1) is 7.25. The smallest absolute Gasteiger partial charge is 0.0707 e. The predicted molar refractivity (Wildman–Crippen MR) is 59.9 cm³/mol. The molecule has 2 heterocycles. The summed E-state index contributed by atoms with van der Waals surface area (Å²) >= 11 is 0. The molecular weight excluding hydrogens is 190 g/mol. The molecule has 88 valence electrons. The molecule has 0 aromatic carbocycles. The molecule has 2 rings (SSSR count). The average molecular weight is 213 g/mol. The Morgan fingerprint density at radius 2 is 2.27 bits per heavy atom. The Kier molecular flexibility index (Phi) is 4.00. The second-order valence-electron chi connectivity index (χ2n) is 5.21. The van der Waals surface area contributed by atoms with E-state index in [-0.39, 0.29) is 0 Å². The fourth-order valence-electron chi connectivity index (χ4n) is 2.48. The van der Waals surface area contributed by atoms with Gasteiger partial charge < -0.3 is 14.8 Å². The van der Waals surface area contributed by atoms with Gasteiger partial charge in [-0.1, -0.05) is 13.8 Å². The Bertz CT molecular complexity index is 182. The molecule has 0 amide bonds. The summed E-state index contributed by atoms with van der Waals surface area (Å²) in [6.45, 7) is 8.35. The molecule has 2 aliphatic heterocycles. The molecular formula is C12H23NO2. The molecule has 3 atom stereocenters. The van der Waals surface area contributed by atoms with Crippen LogP contribution >= 0.6 is 0 Å². The van der Waals surface area contributed by atoms with Gasteiger partial charge in [0.1, 0.15) is 0 Å². The molecule has 0 spiro atoms. The van der Waals surface area contributed by atoms with E-state index in [2.05, 4.69) is 19.2 Å². The summed E-state index contributed by atoms with van der Waals surface area (Å²) in [5, 5.41) is 3.47. The highest BCUT2D eigenvalue weighted by atomic mass is 16.5. The molecule has 2 saturated heterocycles. The van der Waals surface area contributed by atoms with Gasteiger partial charge in [-0.25, -0.2) is 0 Å². The highest BCUT2D eigenvalue weighted by Gasteiger charge is 2.36. The number of hydrogen-bond acceptors (Lipinski definition) is 3. The average Bonchev–Trinajstić information content (AvgIpc) is 2.59. The van der Waals surface area contributed by atoms with Crippen LogP contribution in [0.15, 0.2) is 0 Å². The minimum atomic E-state index is 0.417. The fraction of sp³-hybridized carbons (Fsp3) is 1.00. The topological polar surface area (TPSA) is 30.5 Å². The van der Waals surface area contributed by atoms with Crippen LogP contribution in [0.1, 0.15) is 26.7 Å². The minimum absolute atomic E-state index is 0.417. The SMILES string of the molecule is CC(C)CNCC1CC2COCCC2O1. The zero-order valence-corrected chi connectivity index (χ0v) is 9.87. The van der Waals surface area contributed by atoms with E-state index in [1.807, 2.05) is 0 Å². The quantitative estimate of drug-likeness (QED) is 0.766. The summed E-state index contributed by atoms with van der Waals surface area (Å²) in [6, 6.07) is 0. The van der Waals surface area contributed by atoms with Crippen molar-refractivity contribution in [3.63, 3.8) is 0 Å². The van der Waals surface area contributed by atoms with Crippen LogP contribution in [0.5, 0.6) is 0 Å². The number of rotatable bonds is 4. The van der Waals surface area contributed by atoms with Crippen LogP contribution in [0.2, 0.25) is 0 Å². The van der Waals surface area contributed by atoms with Crippen LogP contribution in [0.3, 0.4) is 0 Å². The Balaban J connectivity index is 1.67. The van der Waals surface area contributed by atoms with Crippen LogP contribution in [-0.4, -0.2) is 38.5 Å². The van der Waals surface area contributed by atoms with E-state index < -0.39 is 0 Å². The van der Waals surface area contributed by atoms with Gasteiger partial charge in [0.25, 0.3) is 0 Å². The van der Waals surface area contributed by atoms with Gasteiger partial charge >= 0.3 is 0 Å². The van der Waals surface area contributed by atoms with Crippen molar-refractivity contribution in [1.29, 1.82) is 0 Å². The van der Waals surface area contributed by atoms with E-state index in [0.29, 0.717) is 18.1 Å². The van der Waals surface area contributed by atoms with Crippen molar-refractivity contribution in [3.8, 4) is 0 Å². The lowest BCUT2D eigenvalue weighted by Crippen LogP contribution is -2.30. The van der Waals surface area contributed by atoms with Crippen molar-refractivity contribution >= 4 is 0 Å². The monoisotopic (exact) mass is 213 g/mol. The molecule has 0 aromatic heterocycles. The summed E-state index contributed by atoms with van der Waals surface area (Å²) in [5.74, 6) is 1.38. The van der Waals surface area contributed by atoms with Crippen LogP contribution in [0, 0.1) is 11.8 Å². The second kappa shape index (κ2) is 5.28. The number of fused-ring (bicyclic) bond motifs is 1. The summed E-state index contributed by atoms with van der Waals surface area (Å²) in [4.78, 5) is 0. The van der Waals surface area contributed by atoms with E-state index in [4.69, 9.17) is 9.47 Å². The minimum Gasteiger partial charge on any atom is -0.381 e. The van der Waals surface area contributed by atoms with Crippen molar-refractivity contribution in [2.45, 2.75) is 38.9 Å². The molecule has 0 bridgehead atoms. The molecule has 2 aliphatic rings. The zero-order valence-electron chi connectivity index (χ0n) is 9.87. The molecule has 0 radical (unpaired) electrons. The van der Waals surface area contributed by atoms with Gasteiger partial charge in [0, 0.05) is 19.1 Å². The zero-order chi connectivity index (χ0) is 10.7. The maximum Gasteiger partial charge on any atom is 0.0707 e. The van der Waals surface area contributed by atoms with Crippen LogP contribution in [-0.2, 0) is 9.47 Å². The molecule has 0 aromatic rings. The van der Waals surface area contributed by atoms with Crippen molar-refractivity contribution in [2.24, 2.45) is 11.8 Å². The number of hydrogen-bond donors (Lipinski definition) is 1. The number of ether oxygens (including phenoxy) is 2. The Labute approximate surface area is 92.5 Å². The first-order valence-electron chi connectivity index (χ1n) is 6.19. The lowest BCUT2D eigenvalue weighted by molar-refractivity contribution is -0.0366. The fourth-order valence-corrected chi connectivity index (χ4v) is 2.48. The third kappa shape index (κ3) is 3.16. The van der Waals surface area contributed by atoms with Gasteiger partial charge in [-0.05, 0) is 25.3 Å². The lowest BCUT2D eigenvalue weighted by Gasteiger charge is -2.23. The Hall–Kier alpha value is -0.120. The van der Waals surface area contributed by atoms with Gasteiger partial charge in [-0.15, -0.1) is 0 Å². The van der Waals surface area contributed by atoms with Crippen LogP contribution in [0.25, 0.3) is 0 Å². The third-order valence-corrected chi connectivity index (χ3v) is 3.26. The highest BCUT2D eigenvalue weighted by molar-refractivity contribution is 4.85. The van der Waals surface area contributed by atoms with Gasteiger partial charge in [0.05, 0.1) is 18.8 Å². The van der Waals surface area contributed by atoms with Crippen molar-refractivity contribution in [1.82, 2.24) is 5.32 Å². The summed E-state index contributed by atoms with van der Waals surface area (Å²) in [6.07, 6.45) is 3.16. The van der Waals surface area contributed by atoms with Crippen LogP contribution in [0.4, 0.5) is 0 Å². The van der Waals surface area contributed by atoms with Gasteiger partial charge in [-0.3, -0.25) is 0 Å². The molecule has 2 fully saturated rings. The third-order valence-electron chi connectivity index (χ3n) is 3.26. The number of nitrogens with one attached hydrogen (secondary N) is 1. The summed E-state index contributed by atoms with van der Waals surface area (Å²) in [5.41, 5.74) is 0. The largest absolute Gasteiger partial charge is 0.381 e. The summed E-state index contributed by atoms with van der Waals surface area (Å²) < 4.78 is 11.5. The lowest BCUT2D eigenvalue weighted by atomic mass is 9.96. The molecule has 15 heavy (non-hydrogen) atoms. The van der Waals surface area contributed by atoms with Gasteiger partial charge in [0.2, 0.25) is 0 Å². The molecule has 3 heteroatoms. The van der Waals surface area contributed by atoms with Gasteiger partial charge in [0.15, 0.2) is 0 Å². The van der Waals surface area contributed by atoms with Crippen molar-refractivity contribution in [3.05, 3.63) is 0 Å². The Morgan fingerprint density at radius 1 is 1.40 bits per heavy atom. The van der Waals surface area contributed by atoms with E-state index in [1.54, 1.807) is 0 Å². The van der Waals surface area contributed by atoms with E-state index in [9.17, 15) is 0 Å². The summed E-state index contributed by atoms with van der Waals surface area (Å²) in [7, 11) is 0. The standard InChI is InChI=1S/C12H23NO2/c1-9(2)6-13-7-11-5-10-8-14-4-3-12(10)15-11/h9-13H,3-8H2,1-2H3. The molecule has 0 aliphatic carbocycles. The molecule has 0 saturated carbocycles. The molecule has 3 unspecified atom stereocenters. The first kappa shape index (κ1) is 11.4. The van der Waals surface area contributed by atoms with Crippen molar-refractivity contribution < 1.29 is 9.47 Å². The highest BCUT2D eigenvalue weighted by Crippen LogP contribution is 2.31. The van der Waals surface area contributed by atoms with Crippen LogP contribution < -0.4 is 5.32 Å². The molecule has 3 nitrogen and oxygen atoms in total. The molecule has 1 N–H and O–H groups in total. The second-order valence-corrected chi connectivity index (χ2v) is 5.21. The van der Waals surface area contributed by atoms with E-state index in [1.165, 1.54) is 6.42 Å². The van der Waals surface area contributed by atoms with Crippen molar-refractivity contribution in [2.75, 3.05) is 26.3 Å². The van der Waals surface area contributed by atoms with Gasteiger partial charge in [-0.2, -0.15) is 0 Å².